The Bertz CT molecular complexity index is 1060. The van der Waals surface area contributed by atoms with Gasteiger partial charge >= 0.3 is 18.0 Å². The number of rotatable bonds is 7. The smallest absolute Gasteiger partial charge is 0.323 e. The van der Waals surface area contributed by atoms with Gasteiger partial charge in [0, 0.05) is 35.8 Å². The molecule has 3 N–H and O–H groups in total. The molecule has 1 saturated carbocycles. The van der Waals surface area contributed by atoms with Gasteiger partial charge in [-0.2, -0.15) is 0 Å². The predicted molar refractivity (Wildman–Crippen MR) is 121 cm³/mol. The molecule has 1 heterocycles. The van der Waals surface area contributed by atoms with E-state index in [1.165, 1.54) is 0 Å². The number of nitrogens with zero attached hydrogens (tertiary/aromatic N) is 2. The number of carbonyl (C=O) groups is 2. The number of hydrogen-bond donors (Lipinski definition) is 3. The molecule has 1 aromatic heterocycles. The van der Waals surface area contributed by atoms with Crippen LogP contribution < -0.4 is 15.4 Å². The Hall–Kier alpha value is -3.94. The third-order valence-corrected chi connectivity index (χ3v) is 5.36. The lowest BCUT2D eigenvalue weighted by Crippen LogP contribution is -2.19. The summed E-state index contributed by atoms with van der Waals surface area (Å²) in [4.78, 5) is 31.5. The van der Waals surface area contributed by atoms with Crippen LogP contribution in [0.2, 0.25) is 0 Å². The van der Waals surface area contributed by atoms with Crippen LogP contribution in [-0.4, -0.2) is 33.2 Å². The fourth-order valence-electron chi connectivity index (χ4n) is 3.80. The summed E-state index contributed by atoms with van der Waals surface area (Å²) in [7, 11) is 0. The second kappa shape index (κ2) is 9.91. The summed E-state index contributed by atoms with van der Waals surface area (Å²) >= 11 is 0. The van der Waals surface area contributed by atoms with Crippen LogP contribution in [0.1, 0.15) is 25.7 Å². The maximum atomic E-state index is 12.1. The first-order valence-electron chi connectivity index (χ1n) is 10.5. The number of benzene rings is 2. The summed E-state index contributed by atoms with van der Waals surface area (Å²) in [5.41, 5.74) is 3.12. The first-order valence-corrected chi connectivity index (χ1v) is 10.5. The van der Waals surface area contributed by atoms with Crippen molar-refractivity contribution in [3.05, 3.63) is 67.0 Å². The highest BCUT2D eigenvalue weighted by Gasteiger charge is 2.28. The number of nitrogens with one attached hydrogen (secondary N) is 2. The molecule has 0 radical (unpaired) electrons. The van der Waals surface area contributed by atoms with Gasteiger partial charge in [-0.15, -0.1) is 0 Å². The lowest BCUT2D eigenvalue weighted by atomic mass is 10.0. The number of hydrogen-bond acceptors (Lipinski definition) is 5. The van der Waals surface area contributed by atoms with Gasteiger partial charge in [-0.05, 0) is 55.0 Å². The zero-order valence-corrected chi connectivity index (χ0v) is 17.4. The molecule has 32 heavy (non-hydrogen) atoms. The Morgan fingerprint density at radius 3 is 2.22 bits per heavy atom. The van der Waals surface area contributed by atoms with Gasteiger partial charge in [0.05, 0.1) is 0 Å². The highest BCUT2D eigenvalue weighted by Crippen LogP contribution is 2.30. The molecule has 164 valence electrons. The van der Waals surface area contributed by atoms with E-state index in [4.69, 9.17) is 9.84 Å². The molecule has 0 spiro atoms. The molecule has 0 saturated heterocycles. The van der Waals surface area contributed by atoms with Crippen LogP contribution in [0.15, 0.2) is 67.0 Å². The van der Waals surface area contributed by atoms with Crippen LogP contribution in [0.25, 0.3) is 11.1 Å². The van der Waals surface area contributed by atoms with E-state index in [-0.39, 0.29) is 24.5 Å². The largest absolute Gasteiger partial charge is 0.481 e. The van der Waals surface area contributed by atoms with Crippen LogP contribution in [0, 0.1) is 5.92 Å². The molecule has 8 heteroatoms. The fourth-order valence-corrected chi connectivity index (χ4v) is 3.80. The Balaban J connectivity index is 1.30. The SMILES string of the molecule is O=C(O)C[C@H]1CC[C@H](Oc2ncc(-c3ccc(NC(=O)Nc4ccccc4)cc3)cn2)C1. The van der Waals surface area contributed by atoms with E-state index < -0.39 is 5.97 Å². The number of carboxylic acids is 1. The van der Waals surface area contributed by atoms with Gasteiger partial charge in [-0.1, -0.05) is 30.3 Å². The Morgan fingerprint density at radius 2 is 1.56 bits per heavy atom. The van der Waals surface area contributed by atoms with E-state index in [1.807, 2.05) is 54.6 Å². The number of aromatic nitrogens is 2. The molecule has 2 aromatic carbocycles. The molecule has 1 aliphatic rings. The quantitative estimate of drug-likeness (QED) is 0.494. The first kappa shape index (κ1) is 21.3. The maximum absolute atomic E-state index is 12.1. The van der Waals surface area contributed by atoms with Crippen LogP contribution in [0.5, 0.6) is 6.01 Å². The number of carboxylic acid groups (broad SMARTS) is 1. The lowest BCUT2D eigenvalue weighted by Gasteiger charge is -2.12. The van der Waals surface area contributed by atoms with Gasteiger partial charge in [0.25, 0.3) is 0 Å². The van der Waals surface area contributed by atoms with E-state index in [2.05, 4.69) is 20.6 Å². The van der Waals surface area contributed by atoms with E-state index >= 15 is 0 Å². The van der Waals surface area contributed by atoms with E-state index in [0.717, 1.165) is 29.7 Å². The van der Waals surface area contributed by atoms with E-state index in [9.17, 15) is 9.59 Å². The number of ether oxygens (including phenoxy) is 1. The van der Waals surface area contributed by atoms with Gasteiger partial charge in [0.1, 0.15) is 6.10 Å². The van der Waals surface area contributed by atoms with Crippen molar-refractivity contribution in [3.8, 4) is 17.1 Å². The fraction of sp³-hybridized carbons (Fsp3) is 0.250. The van der Waals surface area contributed by atoms with Crippen molar-refractivity contribution in [1.29, 1.82) is 0 Å². The number of anilines is 2. The zero-order valence-electron chi connectivity index (χ0n) is 17.4. The average molecular weight is 432 g/mol. The molecule has 0 unspecified atom stereocenters. The van der Waals surface area contributed by atoms with E-state index in [0.29, 0.717) is 18.1 Å². The van der Waals surface area contributed by atoms with Crippen LogP contribution in [-0.2, 0) is 4.79 Å². The number of carbonyl (C=O) groups excluding carboxylic acids is 1. The third-order valence-electron chi connectivity index (χ3n) is 5.36. The van der Waals surface area contributed by atoms with Crippen molar-refractivity contribution in [1.82, 2.24) is 9.97 Å². The standard InChI is InChI=1S/C24H24N4O4/c29-22(30)13-16-6-11-21(12-16)32-24-25-14-18(15-26-24)17-7-9-20(10-8-17)28-23(31)27-19-4-2-1-3-5-19/h1-5,7-10,14-16,21H,6,11-13H2,(H,29,30)(H2,27,28,31)/t16-,21-/m0/s1. The molecule has 4 rings (SSSR count). The number of amides is 2. The Morgan fingerprint density at radius 1 is 0.906 bits per heavy atom. The van der Waals surface area contributed by atoms with Crippen LogP contribution in [0.4, 0.5) is 16.2 Å². The van der Waals surface area contributed by atoms with Crippen molar-refractivity contribution in [3.63, 3.8) is 0 Å². The summed E-state index contributed by atoms with van der Waals surface area (Å²) in [6.07, 6.45) is 5.89. The number of para-hydroxylation sites is 1. The summed E-state index contributed by atoms with van der Waals surface area (Å²) in [5, 5.41) is 14.5. The second-order valence-electron chi connectivity index (χ2n) is 7.79. The van der Waals surface area contributed by atoms with Crippen molar-refractivity contribution in [2.45, 2.75) is 31.8 Å². The molecule has 1 fully saturated rings. The van der Waals surface area contributed by atoms with Crippen molar-refractivity contribution >= 4 is 23.4 Å². The molecule has 0 aliphatic heterocycles. The van der Waals surface area contributed by atoms with Crippen LogP contribution in [0.3, 0.4) is 0 Å². The van der Waals surface area contributed by atoms with E-state index in [1.54, 1.807) is 12.4 Å². The number of aliphatic carboxylic acids is 1. The third kappa shape index (κ3) is 5.81. The van der Waals surface area contributed by atoms with Crippen molar-refractivity contribution < 1.29 is 19.4 Å². The highest BCUT2D eigenvalue weighted by molar-refractivity contribution is 5.99. The van der Waals surface area contributed by atoms with Crippen molar-refractivity contribution in [2.24, 2.45) is 5.92 Å². The monoisotopic (exact) mass is 432 g/mol. The number of urea groups is 1. The normalized spacial score (nSPS) is 17.5. The molecule has 2 amide bonds. The Kier molecular flexibility index (Phi) is 6.60. The molecule has 2 atom stereocenters. The molecule has 3 aromatic rings. The highest BCUT2D eigenvalue weighted by atomic mass is 16.5. The van der Waals surface area contributed by atoms with Gasteiger partial charge in [-0.3, -0.25) is 4.79 Å². The minimum atomic E-state index is -0.769. The molecule has 1 aliphatic carbocycles. The summed E-state index contributed by atoms with van der Waals surface area (Å²) in [6.45, 7) is 0. The minimum absolute atomic E-state index is 0.0439. The molecular weight excluding hydrogens is 408 g/mol. The van der Waals surface area contributed by atoms with Gasteiger partial charge in [-0.25, -0.2) is 14.8 Å². The molecular formula is C24H24N4O4. The minimum Gasteiger partial charge on any atom is -0.481 e. The van der Waals surface area contributed by atoms with Crippen LogP contribution >= 0.6 is 0 Å². The zero-order chi connectivity index (χ0) is 22.3. The molecule has 8 nitrogen and oxygen atoms in total. The lowest BCUT2D eigenvalue weighted by molar-refractivity contribution is -0.138. The average Bonchev–Trinajstić information content (AvgIpc) is 3.21. The Labute approximate surface area is 185 Å². The van der Waals surface area contributed by atoms with Crippen molar-refractivity contribution in [2.75, 3.05) is 10.6 Å². The van der Waals surface area contributed by atoms with Gasteiger partial charge < -0.3 is 20.5 Å². The topological polar surface area (TPSA) is 113 Å². The van der Waals surface area contributed by atoms with Gasteiger partial charge in [0.15, 0.2) is 0 Å². The van der Waals surface area contributed by atoms with Gasteiger partial charge in [0.2, 0.25) is 0 Å². The summed E-state index contributed by atoms with van der Waals surface area (Å²) in [6, 6.07) is 16.6. The second-order valence-corrected chi connectivity index (χ2v) is 7.79. The molecule has 0 bridgehead atoms. The predicted octanol–water partition coefficient (Wildman–Crippen LogP) is 4.81. The summed E-state index contributed by atoms with van der Waals surface area (Å²) < 4.78 is 5.82. The summed E-state index contributed by atoms with van der Waals surface area (Å²) in [5.74, 6) is -0.618. The first-order chi connectivity index (χ1) is 15.5. The maximum Gasteiger partial charge on any atom is 0.323 e.